The highest BCUT2D eigenvalue weighted by Gasteiger charge is 2.20. The van der Waals surface area contributed by atoms with Gasteiger partial charge < -0.3 is 24.3 Å². The van der Waals surface area contributed by atoms with Crippen molar-refractivity contribution in [1.29, 1.82) is 0 Å². The van der Waals surface area contributed by atoms with E-state index in [-0.39, 0.29) is 5.56 Å². The Hall–Kier alpha value is -2.97. The van der Waals surface area contributed by atoms with E-state index in [4.69, 9.17) is 9.47 Å². The number of nitrogens with zero attached hydrogens (tertiary/aromatic N) is 4. The normalized spacial score (nSPS) is 17.0. The molecule has 168 valence electrons. The minimum absolute atomic E-state index is 0.0356. The van der Waals surface area contributed by atoms with Gasteiger partial charge in [0.25, 0.3) is 11.4 Å². The van der Waals surface area contributed by atoms with Crippen LogP contribution in [0.25, 0.3) is 11.0 Å². The van der Waals surface area contributed by atoms with Gasteiger partial charge in [0, 0.05) is 25.7 Å². The molecule has 0 radical (unpaired) electrons. The van der Waals surface area contributed by atoms with Crippen molar-refractivity contribution in [2.24, 2.45) is 0 Å². The number of rotatable bonds is 6. The van der Waals surface area contributed by atoms with Gasteiger partial charge in [-0.05, 0) is 62.7 Å². The number of benzene rings is 1. The average Bonchev–Trinajstić information content (AvgIpc) is 2.82. The Morgan fingerprint density at radius 3 is 2.81 bits per heavy atom. The zero-order chi connectivity index (χ0) is 21.9. The van der Waals surface area contributed by atoms with Crippen molar-refractivity contribution in [3.05, 3.63) is 58.1 Å². The molecule has 0 amide bonds. The van der Waals surface area contributed by atoms with E-state index in [1.54, 1.807) is 0 Å². The van der Waals surface area contributed by atoms with Crippen molar-refractivity contribution in [2.45, 2.75) is 38.9 Å². The zero-order valence-electron chi connectivity index (χ0n) is 18.4. The van der Waals surface area contributed by atoms with E-state index in [9.17, 15) is 4.79 Å². The Balaban J connectivity index is 1.13. The van der Waals surface area contributed by atoms with Gasteiger partial charge in [-0.1, -0.05) is 6.07 Å². The van der Waals surface area contributed by atoms with Crippen LogP contribution in [-0.4, -0.2) is 58.3 Å². The van der Waals surface area contributed by atoms with Crippen LogP contribution in [0.2, 0.25) is 0 Å². The van der Waals surface area contributed by atoms with Crippen LogP contribution in [0.3, 0.4) is 0 Å². The molecule has 4 heterocycles. The largest absolute Gasteiger partial charge is 0.484 e. The molecule has 0 saturated carbocycles. The van der Waals surface area contributed by atoms with E-state index in [0.717, 1.165) is 67.1 Å². The molecule has 1 fully saturated rings. The van der Waals surface area contributed by atoms with Crippen LogP contribution in [0.4, 0.5) is 0 Å². The number of piperidine rings is 1. The van der Waals surface area contributed by atoms with Crippen LogP contribution >= 0.6 is 0 Å². The first-order chi connectivity index (χ1) is 15.7. The van der Waals surface area contributed by atoms with Crippen molar-refractivity contribution in [3.8, 4) is 11.6 Å². The maximum Gasteiger partial charge on any atom is 0.269 e. The fraction of sp³-hybridized carbons (Fsp3) is 0.458. The number of aryl methyl sites for hydroxylation is 1. The molecule has 0 aliphatic carbocycles. The Kier molecular flexibility index (Phi) is 6.05. The summed E-state index contributed by atoms with van der Waals surface area (Å²) in [4.78, 5) is 23.7. The van der Waals surface area contributed by atoms with Gasteiger partial charge in [-0.15, -0.1) is 0 Å². The molecule has 2 aromatic heterocycles. The molecule has 2 aliphatic rings. The van der Waals surface area contributed by atoms with Crippen LogP contribution in [-0.2, 0) is 13.1 Å². The van der Waals surface area contributed by atoms with Crippen molar-refractivity contribution < 1.29 is 9.47 Å². The first-order valence-corrected chi connectivity index (χ1v) is 11.3. The van der Waals surface area contributed by atoms with Gasteiger partial charge in [0.15, 0.2) is 5.75 Å². The second kappa shape index (κ2) is 9.26. The predicted molar refractivity (Wildman–Crippen MR) is 122 cm³/mol. The highest BCUT2D eigenvalue weighted by Crippen LogP contribution is 2.27. The summed E-state index contributed by atoms with van der Waals surface area (Å²) in [5.74, 6) is 1.32. The highest BCUT2D eigenvalue weighted by atomic mass is 16.6. The summed E-state index contributed by atoms with van der Waals surface area (Å²) in [5, 5.41) is 3.63. The minimum atomic E-state index is -0.0356. The number of hydrogen-bond acceptors (Lipinski definition) is 7. The Bertz CT molecular complexity index is 1150. The second-order valence-electron chi connectivity index (χ2n) is 8.54. The lowest BCUT2D eigenvalue weighted by Gasteiger charge is -2.32. The van der Waals surface area contributed by atoms with Crippen LogP contribution in [0.1, 0.15) is 24.1 Å². The molecule has 1 aromatic carbocycles. The molecule has 0 atom stereocenters. The first-order valence-electron chi connectivity index (χ1n) is 11.3. The molecular weight excluding hydrogens is 406 g/mol. The van der Waals surface area contributed by atoms with Gasteiger partial charge in [-0.2, -0.15) is 0 Å². The molecule has 8 heteroatoms. The molecular formula is C24H29N5O3. The van der Waals surface area contributed by atoms with Gasteiger partial charge in [-0.25, -0.2) is 9.97 Å². The minimum Gasteiger partial charge on any atom is -0.484 e. The van der Waals surface area contributed by atoms with Crippen LogP contribution in [0.5, 0.6) is 11.6 Å². The molecule has 1 saturated heterocycles. The van der Waals surface area contributed by atoms with Crippen molar-refractivity contribution in [3.63, 3.8) is 0 Å². The van der Waals surface area contributed by atoms with Crippen molar-refractivity contribution in [2.75, 3.05) is 32.8 Å². The maximum atomic E-state index is 12.4. The molecule has 32 heavy (non-hydrogen) atoms. The summed E-state index contributed by atoms with van der Waals surface area (Å²) in [6.07, 6.45) is 3.59. The van der Waals surface area contributed by atoms with Crippen LogP contribution in [0, 0.1) is 6.92 Å². The van der Waals surface area contributed by atoms with Gasteiger partial charge in [0.05, 0.1) is 22.9 Å². The fourth-order valence-corrected chi connectivity index (χ4v) is 4.42. The highest BCUT2D eigenvalue weighted by molar-refractivity contribution is 5.75. The molecule has 0 spiro atoms. The third kappa shape index (κ3) is 4.61. The van der Waals surface area contributed by atoms with Crippen molar-refractivity contribution in [1.82, 2.24) is 24.8 Å². The monoisotopic (exact) mass is 435 g/mol. The smallest absolute Gasteiger partial charge is 0.269 e. The predicted octanol–water partition coefficient (Wildman–Crippen LogP) is 2.13. The fourth-order valence-electron chi connectivity index (χ4n) is 4.42. The summed E-state index contributed by atoms with van der Waals surface area (Å²) in [7, 11) is 0. The van der Waals surface area contributed by atoms with E-state index in [0.29, 0.717) is 31.7 Å². The third-order valence-corrected chi connectivity index (χ3v) is 6.26. The SMILES string of the molecule is Cc1ccc2ncc(=O)n(CCN3CCC(NCc4ccc5c(n4)OCCO5)CC3)c2c1. The van der Waals surface area contributed by atoms with Gasteiger partial charge >= 0.3 is 0 Å². The van der Waals surface area contributed by atoms with E-state index in [1.807, 2.05) is 41.8 Å². The number of hydrogen-bond donors (Lipinski definition) is 1. The number of ether oxygens (including phenoxy) is 2. The van der Waals surface area contributed by atoms with E-state index >= 15 is 0 Å². The summed E-state index contributed by atoms with van der Waals surface area (Å²) in [6, 6.07) is 10.5. The standard InChI is InChI=1S/C24H29N5O3/c1-17-2-4-20-21(14-17)29(23(30)16-26-20)11-10-28-8-6-18(7-9-28)25-15-19-3-5-22-24(27-19)32-13-12-31-22/h2-5,14,16,18,25H,6-13,15H2,1H3. The van der Waals surface area contributed by atoms with Crippen LogP contribution < -0.4 is 20.3 Å². The topological polar surface area (TPSA) is 81.5 Å². The van der Waals surface area contributed by atoms with Gasteiger partial charge in [0.2, 0.25) is 0 Å². The molecule has 1 N–H and O–H groups in total. The second-order valence-corrected chi connectivity index (χ2v) is 8.54. The molecule has 5 rings (SSSR count). The summed E-state index contributed by atoms with van der Waals surface area (Å²) < 4.78 is 13.0. The van der Waals surface area contributed by atoms with Crippen LogP contribution in [0.15, 0.2) is 41.3 Å². The average molecular weight is 436 g/mol. The van der Waals surface area contributed by atoms with Crippen molar-refractivity contribution >= 4 is 11.0 Å². The lowest BCUT2D eigenvalue weighted by Crippen LogP contribution is -2.43. The first kappa shape index (κ1) is 20.9. The molecule has 0 bridgehead atoms. The van der Waals surface area contributed by atoms with Gasteiger partial charge in [0.1, 0.15) is 13.2 Å². The lowest BCUT2D eigenvalue weighted by atomic mass is 10.0. The quantitative estimate of drug-likeness (QED) is 0.635. The van der Waals surface area contributed by atoms with E-state index in [1.165, 1.54) is 6.20 Å². The molecule has 2 aliphatic heterocycles. The number of aromatic nitrogens is 3. The Labute approximate surface area is 187 Å². The number of likely N-dealkylation sites (tertiary alicyclic amines) is 1. The number of pyridine rings is 1. The number of nitrogens with one attached hydrogen (secondary N) is 1. The molecule has 3 aromatic rings. The maximum absolute atomic E-state index is 12.4. The third-order valence-electron chi connectivity index (χ3n) is 6.26. The zero-order valence-corrected chi connectivity index (χ0v) is 18.4. The van der Waals surface area contributed by atoms with Gasteiger partial charge in [-0.3, -0.25) is 4.79 Å². The molecule has 8 nitrogen and oxygen atoms in total. The van der Waals surface area contributed by atoms with E-state index < -0.39 is 0 Å². The lowest BCUT2D eigenvalue weighted by molar-refractivity contribution is 0.163. The molecule has 0 unspecified atom stereocenters. The summed E-state index contributed by atoms with van der Waals surface area (Å²) in [5.41, 5.74) is 3.85. The summed E-state index contributed by atoms with van der Waals surface area (Å²) >= 11 is 0. The number of fused-ring (bicyclic) bond motifs is 2. The summed E-state index contributed by atoms with van der Waals surface area (Å²) in [6.45, 7) is 7.47. The Morgan fingerprint density at radius 2 is 1.94 bits per heavy atom. The Morgan fingerprint density at radius 1 is 1.09 bits per heavy atom. The van der Waals surface area contributed by atoms with E-state index in [2.05, 4.69) is 20.2 Å².